The zero-order valence-electron chi connectivity index (χ0n) is 13.5. The lowest BCUT2D eigenvalue weighted by Gasteiger charge is -2.07. The summed E-state index contributed by atoms with van der Waals surface area (Å²) in [6.45, 7) is 1.76. The summed E-state index contributed by atoms with van der Waals surface area (Å²) in [5.41, 5.74) is 3.00. The van der Waals surface area contributed by atoms with Crippen molar-refractivity contribution in [1.29, 1.82) is 0 Å². The Kier molecular flexibility index (Phi) is 4.29. The number of imidazole rings is 1. The molecule has 6 heteroatoms. The molecule has 3 aromatic rings. The molecule has 0 fully saturated rings. The van der Waals surface area contributed by atoms with Gasteiger partial charge in [0.25, 0.3) is 5.91 Å². The molecule has 0 radical (unpaired) electrons. The van der Waals surface area contributed by atoms with Crippen LogP contribution in [0.4, 0.5) is 5.69 Å². The molecule has 0 bridgehead atoms. The maximum absolute atomic E-state index is 12.3. The van der Waals surface area contributed by atoms with Gasteiger partial charge in [-0.25, -0.2) is 4.98 Å². The second kappa shape index (κ2) is 6.54. The molecule has 0 saturated heterocycles. The van der Waals surface area contributed by atoms with E-state index in [0.29, 0.717) is 17.8 Å². The first-order valence-electron chi connectivity index (χ1n) is 7.61. The summed E-state index contributed by atoms with van der Waals surface area (Å²) >= 11 is 0. The molecule has 0 spiro atoms. The number of nitrogens with one attached hydrogen (secondary N) is 2. The van der Waals surface area contributed by atoms with Crippen LogP contribution in [0.3, 0.4) is 0 Å². The van der Waals surface area contributed by atoms with E-state index in [4.69, 9.17) is 0 Å². The standard InChI is InChI=1S/C18H18N4O2/c1-12(23)20-14-7-5-6-13(10-14)18(24)19-11-17-21-15-8-3-4-9-16(15)22(17)2/h3-10H,11H2,1-2H3,(H,19,24)(H,20,23). The fraction of sp³-hybridized carbons (Fsp3) is 0.167. The smallest absolute Gasteiger partial charge is 0.251 e. The van der Waals surface area contributed by atoms with Crippen LogP contribution in [-0.2, 0) is 18.4 Å². The molecule has 122 valence electrons. The maximum Gasteiger partial charge on any atom is 0.251 e. The Labute approximate surface area is 139 Å². The SMILES string of the molecule is CC(=O)Nc1cccc(C(=O)NCc2nc3ccccc3n2C)c1. The molecule has 24 heavy (non-hydrogen) atoms. The predicted molar refractivity (Wildman–Crippen MR) is 92.6 cm³/mol. The quantitative estimate of drug-likeness (QED) is 0.775. The first kappa shape index (κ1) is 15.7. The van der Waals surface area contributed by atoms with Crippen LogP contribution in [0.2, 0.25) is 0 Å². The van der Waals surface area contributed by atoms with Crippen LogP contribution in [0.1, 0.15) is 23.1 Å². The third-order valence-corrected chi connectivity index (χ3v) is 3.73. The molecule has 0 aliphatic rings. The van der Waals surface area contributed by atoms with Gasteiger partial charge in [-0.05, 0) is 30.3 Å². The number of anilines is 1. The van der Waals surface area contributed by atoms with Crippen LogP contribution >= 0.6 is 0 Å². The first-order valence-corrected chi connectivity index (χ1v) is 7.61. The van der Waals surface area contributed by atoms with Crippen LogP contribution < -0.4 is 10.6 Å². The summed E-state index contributed by atoms with van der Waals surface area (Å²) in [4.78, 5) is 28.0. The Balaban J connectivity index is 1.73. The van der Waals surface area contributed by atoms with Crippen molar-refractivity contribution in [2.75, 3.05) is 5.32 Å². The van der Waals surface area contributed by atoms with E-state index in [1.807, 2.05) is 35.9 Å². The lowest BCUT2D eigenvalue weighted by atomic mass is 10.2. The number of amides is 2. The second-order valence-corrected chi connectivity index (χ2v) is 5.52. The van der Waals surface area contributed by atoms with Crippen LogP contribution in [0.5, 0.6) is 0 Å². The van der Waals surface area contributed by atoms with Crippen molar-refractivity contribution in [2.45, 2.75) is 13.5 Å². The highest BCUT2D eigenvalue weighted by molar-refractivity contribution is 5.96. The minimum Gasteiger partial charge on any atom is -0.345 e. The zero-order chi connectivity index (χ0) is 17.1. The topological polar surface area (TPSA) is 76.0 Å². The van der Waals surface area contributed by atoms with E-state index in [9.17, 15) is 9.59 Å². The van der Waals surface area contributed by atoms with Gasteiger partial charge in [0.15, 0.2) is 0 Å². The number of aryl methyl sites for hydroxylation is 1. The first-order chi connectivity index (χ1) is 11.5. The Morgan fingerprint density at radius 3 is 2.67 bits per heavy atom. The average molecular weight is 322 g/mol. The van der Waals surface area contributed by atoms with Gasteiger partial charge in [-0.15, -0.1) is 0 Å². The monoisotopic (exact) mass is 322 g/mol. The van der Waals surface area contributed by atoms with E-state index >= 15 is 0 Å². The maximum atomic E-state index is 12.3. The van der Waals surface area contributed by atoms with E-state index in [0.717, 1.165) is 16.9 Å². The molecule has 1 heterocycles. The molecular weight excluding hydrogens is 304 g/mol. The number of benzene rings is 2. The van der Waals surface area contributed by atoms with Crippen molar-refractivity contribution < 1.29 is 9.59 Å². The van der Waals surface area contributed by atoms with Gasteiger partial charge in [0.1, 0.15) is 5.82 Å². The van der Waals surface area contributed by atoms with Crippen molar-refractivity contribution in [3.63, 3.8) is 0 Å². The van der Waals surface area contributed by atoms with E-state index in [-0.39, 0.29) is 11.8 Å². The molecule has 0 aliphatic carbocycles. The lowest BCUT2D eigenvalue weighted by Crippen LogP contribution is -2.24. The number of fused-ring (bicyclic) bond motifs is 1. The zero-order valence-corrected chi connectivity index (χ0v) is 13.5. The molecule has 0 unspecified atom stereocenters. The number of hydrogen-bond donors (Lipinski definition) is 2. The van der Waals surface area contributed by atoms with Gasteiger partial charge in [0.2, 0.25) is 5.91 Å². The Morgan fingerprint density at radius 2 is 1.92 bits per heavy atom. The molecule has 2 N–H and O–H groups in total. The van der Waals surface area contributed by atoms with Crippen molar-refractivity contribution in [3.8, 4) is 0 Å². The summed E-state index contributed by atoms with van der Waals surface area (Å²) in [6.07, 6.45) is 0. The molecule has 0 saturated carbocycles. The average Bonchev–Trinajstić information content (AvgIpc) is 2.89. The van der Waals surface area contributed by atoms with Gasteiger partial charge in [-0.3, -0.25) is 9.59 Å². The fourth-order valence-corrected chi connectivity index (χ4v) is 2.56. The molecule has 1 aromatic heterocycles. The molecule has 2 aromatic carbocycles. The molecule has 3 rings (SSSR count). The number of rotatable bonds is 4. The van der Waals surface area contributed by atoms with E-state index in [1.54, 1.807) is 24.3 Å². The van der Waals surface area contributed by atoms with Gasteiger partial charge in [-0.2, -0.15) is 0 Å². The van der Waals surface area contributed by atoms with Gasteiger partial charge in [-0.1, -0.05) is 18.2 Å². The highest BCUT2D eigenvalue weighted by Crippen LogP contribution is 2.14. The van der Waals surface area contributed by atoms with Crippen molar-refractivity contribution >= 4 is 28.5 Å². The predicted octanol–water partition coefficient (Wildman–Crippen LogP) is 2.46. The third kappa shape index (κ3) is 3.27. The van der Waals surface area contributed by atoms with E-state index < -0.39 is 0 Å². The molecular formula is C18H18N4O2. The molecule has 6 nitrogen and oxygen atoms in total. The van der Waals surface area contributed by atoms with Crippen molar-refractivity contribution in [1.82, 2.24) is 14.9 Å². The number of carbonyl (C=O) groups is 2. The number of nitrogens with zero attached hydrogens (tertiary/aromatic N) is 2. The Bertz CT molecular complexity index is 914. The molecule has 2 amide bonds. The lowest BCUT2D eigenvalue weighted by molar-refractivity contribution is -0.114. The summed E-state index contributed by atoms with van der Waals surface area (Å²) in [5.74, 6) is 0.393. The number of aromatic nitrogens is 2. The van der Waals surface area contributed by atoms with Gasteiger partial charge >= 0.3 is 0 Å². The fourth-order valence-electron chi connectivity index (χ4n) is 2.56. The minimum atomic E-state index is -0.214. The number of para-hydroxylation sites is 2. The normalized spacial score (nSPS) is 10.6. The Hall–Kier alpha value is -3.15. The van der Waals surface area contributed by atoms with Crippen LogP contribution in [0, 0.1) is 0 Å². The van der Waals surface area contributed by atoms with Crippen LogP contribution in [0.25, 0.3) is 11.0 Å². The highest BCUT2D eigenvalue weighted by atomic mass is 16.2. The third-order valence-electron chi connectivity index (χ3n) is 3.73. The summed E-state index contributed by atoms with van der Waals surface area (Å²) < 4.78 is 1.96. The van der Waals surface area contributed by atoms with Crippen molar-refractivity contribution in [2.24, 2.45) is 7.05 Å². The van der Waals surface area contributed by atoms with E-state index in [2.05, 4.69) is 15.6 Å². The van der Waals surface area contributed by atoms with Crippen LogP contribution in [-0.4, -0.2) is 21.4 Å². The largest absolute Gasteiger partial charge is 0.345 e. The molecule has 0 atom stereocenters. The van der Waals surface area contributed by atoms with Crippen LogP contribution in [0.15, 0.2) is 48.5 Å². The number of carbonyl (C=O) groups excluding carboxylic acids is 2. The van der Waals surface area contributed by atoms with Gasteiger partial charge in [0.05, 0.1) is 17.6 Å². The summed E-state index contributed by atoms with van der Waals surface area (Å²) in [6, 6.07) is 14.6. The number of hydrogen-bond acceptors (Lipinski definition) is 3. The summed E-state index contributed by atoms with van der Waals surface area (Å²) in [7, 11) is 1.92. The van der Waals surface area contributed by atoms with E-state index in [1.165, 1.54) is 6.92 Å². The van der Waals surface area contributed by atoms with Gasteiger partial charge < -0.3 is 15.2 Å². The minimum absolute atomic E-state index is 0.174. The van der Waals surface area contributed by atoms with Crippen molar-refractivity contribution in [3.05, 3.63) is 59.9 Å². The summed E-state index contributed by atoms with van der Waals surface area (Å²) in [5, 5.41) is 5.53. The Morgan fingerprint density at radius 1 is 1.12 bits per heavy atom. The van der Waals surface area contributed by atoms with Gasteiger partial charge in [0, 0.05) is 25.2 Å². The highest BCUT2D eigenvalue weighted by Gasteiger charge is 2.10. The second-order valence-electron chi connectivity index (χ2n) is 5.52. The molecule has 0 aliphatic heterocycles.